The number of H-pyrrole nitrogens is 1. The zero-order valence-electron chi connectivity index (χ0n) is 9.77. The molecule has 1 saturated heterocycles. The molecule has 2 rings (SSSR count). The average Bonchev–Trinajstić information content (AvgIpc) is 2.82. The van der Waals surface area contributed by atoms with E-state index in [-0.39, 0.29) is 5.91 Å². The van der Waals surface area contributed by atoms with Gasteiger partial charge in [-0.05, 0) is 38.3 Å². The highest BCUT2D eigenvalue weighted by Crippen LogP contribution is 2.29. The van der Waals surface area contributed by atoms with Gasteiger partial charge in [-0.3, -0.25) is 4.79 Å². The number of aromatic amines is 1. The molecule has 5 nitrogen and oxygen atoms in total. The molecule has 2 N–H and O–H groups in total. The van der Waals surface area contributed by atoms with Crippen LogP contribution >= 0.6 is 0 Å². The van der Waals surface area contributed by atoms with Gasteiger partial charge in [0.25, 0.3) is 5.91 Å². The van der Waals surface area contributed by atoms with Crippen LogP contribution in [0.15, 0.2) is 18.3 Å². The van der Waals surface area contributed by atoms with Crippen LogP contribution in [0.25, 0.3) is 0 Å². The number of carbonyl (C=O) groups is 2. The van der Waals surface area contributed by atoms with Gasteiger partial charge in [0.05, 0.1) is 0 Å². The van der Waals surface area contributed by atoms with Crippen LogP contribution in [0.3, 0.4) is 0 Å². The second-order valence-electron chi connectivity index (χ2n) is 4.58. The van der Waals surface area contributed by atoms with Crippen LogP contribution in [0.1, 0.15) is 36.7 Å². The normalized spacial score (nSPS) is 24.6. The summed E-state index contributed by atoms with van der Waals surface area (Å²) in [5.41, 5.74) is -0.639. The summed E-state index contributed by atoms with van der Waals surface area (Å²) in [4.78, 5) is 27.9. The minimum Gasteiger partial charge on any atom is -0.480 e. The summed E-state index contributed by atoms with van der Waals surface area (Å²) in [5, 5.41) is 9.31. The Bertz CT molecular complexity index is 427. The third kappa shape index (κ3) is 1.92. The zero-order valence-corrected chi connectivity index (χ0v) is 9.77. The first kappa shape index (κ1) is 11.7. The van der Waals surface area contributed by atoms with E-state index in [4.69, 9.17) is 0 Å². The predicted molar refractivity (Wildman–Crippen MR) is 61.7 cm³/mol. The fourth-order valence-corrected chi connectivity index (χ4v) is 2.28. The Balaban J connectivity index is 2.29. The van der Waals surface area contributed by atoms with Gasteiger partial charge in [0.15, 0.2) is 0 Å². The third-order valence-corrected chi connectivity index (χ3v) is 3.43. The van der Waals surface area contributed by atoms with E-state index in [1.54, 1.807) is 25.3 Å². The number of likely N-dealkylation sites (tertiary alicyclic amines) is 1. The lowest BCUT2D eigenvalue weighted by atomic mass is 9.88. The predicted octanol–water partition coefficient (Wildman–Crippen LogP) is 1.48. The standard InChI is InChI=1S/C12H16N2O3/c1-12(11(16)17)6-2-3-8-14(12)10(15)9-5-4-7-13-9/h4-5,7,13H,2-3,6,8H2,1H3,(H,16,17). The molecule has 0 spiro atoms. The minimum atomic E-state index is -1.08. The minimum absolute atomic E-state index is 0.236. The monoisotopic (exact) mass is 236 g/mol. The van der Waals surface area contributed by atoms with Crippen molar-refractivity contribution in [1.29, 1.82) is 0 Å². The number of hydrogen-bond donors (Lipinski definition) is 2. The largest absolute Gasteiger partial charge is 0.480 e. The van der Waals surface area contributed by atoms with Crippen molar-refractivity contribution in [3.63, 3.8) is 0 Å². The van der Waals surface area contributed by atoms with Crippen molar-refractivity contribution in [3.05, 3.63) is 24.0 Å². The molecule has 1 aliphatic rings. The molecule has 1 atom stereocenters. The van der Waals surface area contributed by atoms with Crippen LogP contribution in [0.5, 0.6) is 0 Å². The topological polar surface area (TPSA) is 73.4 Å². The summed E-state index contributed by atoms with van der Waals surface area (Å²) >= 11 is 0. The molecule has 1 unspecified atom stereocenters. The number of rotatable bonds is 2. The van der Waals surface area contributed by atoms with Crippen molar-refractivity contribution in [2.24, 2.45) is 0 Å². The Morgan fingerprint density at radius 3 is 2.82 bits per heavy atom. The molecule has 92 valence electrons. The maximum absolute atomic E-state index is 12.2. The molecule has 5 heteroatoms. The molecule has 1 aromatic heterocycles. The van der Waals surface area contributed by atoms with E-state index < -0.39 is 11.5 Å². The van der Waals surface area contributed by atoms with Crippen molar-refractivity contribution in [3.8, 4) is 0 Å². The molecular weight excluding hydrogens is 220 g/mol. The van der Waals surface area contributed by atoms with Gasteiger partial charge in [0.1, 0.15) is 11.2 Å². The van der Waals surface area contributed by atoms with E-state index in [1.165, 1.54) is 4.90 Å². The lowest BCUT2D eigenvalue weighted by Crippen LogP contribution is -2.57. The smallest absolute Gasteiger partial charge is 0.329 e. The number of amides is 1. The number of nitrogens with one attached hydrogen (secondary N) is 1. The van der Waals surface area contributed by atoms with Crippen LogP contribution in [0, 0.1) is 0 Å². The van der Waals surface area contributed by atoms with Crippen molar-refractivity contribution < 1.29 is 14.7 Å². The van der Waals surface area contributed by atoms with Gasteiger partial charge in [-0.1, -0.05) is 0 Å². The number of carbonyl (C=O) groups excluding carboxylic acids is 1. The molecule has 1 amide bonds. The number of aromatic nitrogens is 1. The molecule has 1 aromatic rings. The van der Waals surface area contributed by atoms with Gasteiger partial charge in [0.2, 0.25) is 0 Å². The van der Waals surface area contributed by atoms with Crippen LogP contribution in [0.4, 0.5) is 0 Å². The Hall–Kier alpha value is -1.78. The third-order valence-electron chi connectivity index (χ3n) is 3.43. The summed E-state index contributed by atoms with van der Waals surface area (Å²) in [6.45, 7) is 2.12. The van der Waals surface area contributed by atoms with E-state index in [2.05, 4.69) is 4.98 Å². The van der Waals surface area contributed by atoms with Gasteiger partial charge >= 0.3 is 5.97 Å². The summed E-state index contributed by atoms with van der Waals surface area (Å²) in [6.07, 6.45) is 3.87. The first-order chi connectivity index (χ1) is 8.05. The molecule has 0 aromatic carbocycles. The van der Waals surface area contributed by atoms with Gasteiger partial charge in [-0.15, -0.1) is 0 Å². The Morgan fingerprint density at radius 1 is 1.47 bits per heavy atom. The SMILES string of the molecule is CC1(C(=O)O)CCCCN1C(=O)c1ccc[nH]1. The highest BCUT2D eigenvalue weighted by molar-refractivity contribution is 5.96. The van der Waals surface area contributed by atoms with E-state index in [9.17, 15) is 14.7 Å². The fraction of sp³-hybridized carbons (Fsp3) is 0.500. The summed E-state index contributed by atoms with van der Waals surface area (Å²) in [5.74, 6) is -1.17. The zero-order chi connectivity index (χ0) is 12.5. The Kier molecular flexibility index (Phi) is 2.92. The lowest BCUT2D eigenvalue weighted by Gasteiger charge is -2.41. The molecule has 17 heavy (non-hydrogen) atoms. The first-order valence-electron chi connectivity index (χ1n) is 5.74. The van der Waals surface area contributed by atoms with Crippen LogP contribution in [-0.4, -0.2) is 39.0 Å². The molecule has 2 heterocycles. The first-order valence-corrected chi connectivity index (χ1v) is 5.74. The van der Waals surface area contributed by atoms with Gasteiger partial charge in [-0.2, -0.15) is 0 Å². The maximum Gasteiger partial charge on any atom is 0.329 e. The molecule has 0 bridgehead atoms. The van der Waals surface area contributed by atoms with E-state index in [0.717, 1.165) is 12.8 Å². The molecule has 0 aliphatic carbocycles. The second kappa shape index (κ2) is 4.24. The van der Waals surface area contributed by atoms with Gasteiger partial charge in [0, 0.05) is 12.7 Å². The molecular formula is C12H16N2O3. The number of aliphatic carboxylic acids is 1. The Labute approximate surface area is 99.4 Å². The quantitative estimate of drug-likeness (QED) is 0.817. The van der Waals surface area contributed by atoms with Crippen molar-refractivity contribution in [2.75, 3.05) is 6.54 Å². The van der Waals surface area contributed by atoms with Crippen LogP contribution in [0.2, 0.25) is 0 Å². The number of nitrogens with zero attached hydrogens (tertiary/aromatic N) is 1. The van der Waals surface area contributed by atoms with E-state index in [1.807, 2.05) is 0 Å². The lowest BCUT2D eigenvalue weighted by molar-refractivity contribution is -0.150. The number of hydrogen-bond acceptors (Lipinski definition) is 2. The molecule has 1 aliphatic heterocycles. The van der Waals surface area contributed by atoms with Crippen LogP contribution in [-0.2, 0) is 4.79 Å². The highest BCUT2D eigenvalue weighted by Gasteiger charge is 2.44. The van der Waals surface area contributed by atoms with Crippen molar-refractivity contribution >= 4 is 11.9 Å². The molecule has 1 fully saturated rings. The molecule has 0 saturated carbocycles. The summed E-state index contributed by atoms with van der Waals surface area (Å²) < 4.78 is 0. The molecule has 0 radical (unpaired) electrons. The van der Waals surface area contributed by atoms with Crippen molar-refractivity contribution in [1.82, 2.24) is 9.88 Å². The Morgan fingerprint density at radius 2 is 2.24 bits per heavy atom. The van der Waals surface area contributed by atoms with Crippen LogP contribution < -0.4 is 0 Å². The van der Waals surface area contributed by atoms with Gasteiger partial charge in [-0.25, -0.2) is 4.79 Å². The summed E-state index contributed by atoms with van der Waals surface area (Å²) in [6, 6.07) is 3.40. The van der Waals surface area contributed by atoms with E-state index in [0.29, 0.717) is 18.7 Å². The fourth-order valence-electron chi connectivity index (χ4n) is 2.28. The summed E-state index contributed by atoms with van der Waals surface area (Å²) in [7, 11) is 0. The number of carboxylic acid groups (broad SMARTS) is 1. The maximum atomic E-state index is 12.2. The van der Waals surface area contributed by atoms with Crippen molar-refractivity contribution in [2.45, 2.75) is 31.7 Å². The second-order valence-corrected chi connectivity index (χ2v) is 4.58. The van der Waals surface area contributed by atoms with E-state index >= 15 is 0 Å². The highest BCUT2D eigenvalue weighted by atomic mass is 16.4. The average molecular weight is 236 g/mol. The number of carboxylic acids is 1. The van der Waals surface area contributed by atoms with Gasteiger partial charge < -0.3 is 15.0 Å². The number of piperidine rings is 1.